The number of non-ortho nitro benzene ring substituents is 1. The number of amides is 1. The Labute approximate surface area is 87.4 Å². The molecular weight excluding hydrogens is 222 g/mol. The first-order chi connectivity index (χ1) is 7.34. The van der Waals surface area contributed by atoms with Crippen molar-refractivity contribution in [3.63, 3.8) is 0 Å². The molecule has 0 saturated carbocycles. The SMILES string of the molecule is NC(=O)c1cc([N+](=O)[O-])cc([N+](=O)[O-])c1[O-]. The average molecular weight is 226 g/mol. The van der Waals surface area contributed by atoms with Gasteiger partial charge in [0, 0.05) is 11.6 Å². The first kappa shape index (κ1) is 11.4. The maximum Gasteiger partial charge on any atom is 0.277 e. The summed E-state index contributed by atoms with van der Waals surface area (Å²) in [6.07, 6.45) is 0. The maximum absolute atomic E-state index is 11.3. The van der Waals surface area contributed by atoms with Gasteiger partial charge in [-0.25, -0.2) is 0 Å². The number of hydrogen-bond acceptors (Lipinski definition) is 6. The van der Waals surface area contributed by atoms with Crippen LogP contribution in [0, 0.1) is 20.2 Å². The highest BCUT2D eigenvalue weighted by Gasteiger charge is 2.20. The lowest BCUT2D eigenvalue weighted by Crippen LogP contribution is -2.15. The smallest absolute Gasteiger partial charge is 0.277 e. The minimum absolute atomic E-state index is 0.481. The van der Waals surface area contributed by atoms with Gasteiger partial charge in [-0.2, -0.15) is 0 Å². The van der Waals surface area contributed by atoms with Gasteiger partial charge in [0.15, 0.2) is 0 Å². The Hall–Kier alpha value is -2.71. The first-order valence-electron chi connectivity index (χ1n) is 3.78. The molecule has 2 N–H and O–H groups in total. The fraction of sp³-hybridized carbons (Fsp3) is 0. The van der Waals surface area contributed by atoms with Crippen LogP contribution < -0.4 is 10.8 Å². The van der Waals surface area contributed by atoms with Crippen LogP contribution in [0.2, 0.25) is 0 Å². The van der Waals surface area contributed by atoms with E-state index in [9.17, 15) is 30.1 Å². The van der Waals surface area contributed by atoms with E-state index < -0.39 is 38.4 Å². The van der Waals surface area contributed by atoms with E-state index in [2.05, 4.69) is 0 Å². The van der Waals surface area contributed by atoms with Gasteiger partial charge in [0.1, 0.15) is 0 Å². The number of nitro groups is 2. The van der Waals surface area contributed by atoms with Crippen molar-refractivity contribution in [3.05, 3.63) is 37.9 Å². The predicted molar refractivity (Wildman–Crippen MR) is 47.7 cm³/mol. The van der Waals surface area contributed by atoms with Crippen LogP contribution in [0.5, 0.6) is 5.75 Å². The fourth-order valence-electron chi connectivity index (χ4n) is 1.02. The topological polar surface area (TPSA) is 152 Å². The standard InChI is InChI=1S/C7H5N3O6/c8-7(12)4-1-3(9(13)14)2-5(6(4)11)10(15)16/h1-2,11H,(H2,8,12)/p-1. The summed E-state index contributed by atoms with van der Waals surface area (Å²) in [5.74, 6) is -2.49. The first-order valence-corrected chi connectivity index (χ1v) is 3.78. The molecule has 9 nitrogen and oxygen atoms in total. The Kier molecular flexibility index (Phi) is 2.70. The van der Waals surface area contributed by atoms with Crippen LogP contribution in [0.15, 0.2) is 12.1 Å². The highest BCUT2D eigenvalue weighted by Crippen LogP contribution is 2.31. The highest BCUT2D eigenvalue weighted by molar-refractivity contribution is 5.97. The van der Waals surface area contributed by atoms with Crippen molar-refractivity contribution in [3.8, 4) is 5.75 Å². The summed E-state index contributed by atoms with van der Waals surface area (Å²) in [6, 6.07) is 1.09. The Bertz CT molecular complexity index is 462. The van der Waals surface area contributed by atoms with Crippen LogP contribution in [-0.4, -0.2) is 15.8 Å². The second-order valence-corrected chi connectivity index (χ2v) is 2.72. The van der Waals surface area contributed by atoms with E-state index >= 15 is 0 Å². The van der Waals surface area contributed by atoms with Crippen molar-refractivity contribution >= 4 is 17.3 Å². The van der Waals surface area contributed by atoms with Gasteiger partial charge in [-0.05, 0) is 5.75 Å². The monoisotopic (exact) mass is 226 g/mol. The normalized spacial score (nSPS) is 9.75. The van der Waals surface area contributed by atoms with Crippen LogP contribution in [0.25, 0.3) is 0 Å². The number of carbonyl (C=O) groups excluding carboxylic acids is 1. The number of nitro benzene ring substituents is 2. The molecule has 1 rings (SSSR count). The molecule has 0 aliphatic carbocycles. The Morgan fingerprint density at radius 3 is 2.12 bits per heavy atom. The molecule has 0 aliphatic heterocycles. The zero-order valence-corrected chi connectivity index (χ0v) is 7.58. The molecule has 0 aliphatic rings. The van der Waals surface area contributed by atoms with Gasteiger partial charge < -0.3 is 10.8 Å². The van der Waals surface area contributed by atoms with E-state index in [1.165, 1.54) is 0 Å². The van der Waals surface area contributed by atoms with Gasteiger partial charge in [0.25, 0.3) is 11.4 Å². The second-order valence-electron chi connectivity index (χ2n) is 2.72. The largest absolute Gasteiger partial charge is 0.867 e. The minimum Gasteiger partial charge on any atom is -0.867 e. The summed E-state index contributed by atoms with van der Waals surface area (Å²) in [5.41, 5.74) is 2.20. The molecular formula is C7H4N3O6-. The molecule has 0 fully saturated rings. The molecule has 16 heavy (non-hydrogen) atoms. The van der Waals surface area contributed by atoms with Crippen LogP contribution in [0.1, 0.15) is 10.4 Å². The van der Waals surface area contributed by atoms with Gasteiger partial charge >= 0.3 is 0 Å². The van der Waals surface area contributed by atoms with Crippen molar-refractivity contribution in [1.29, 1.82) is 0 Å². The van der Waals surface area contributed by atoms with Crippen LogP contribution >= 0.6 is 0 Å². The molecule has 0 saturated heterocycles. The molecule has 0 heterocycles. The summed E-state index contributed by atoms with van der Waals surface area (Å²) in [5, 5.41) is 32.1. The van der Waals surface area contributed by atoms with Crippen molar-refractivity contribution in [2.75, 3.05) is 0 Å². The van der Waals surface area contributed by atoms with E-state index in [1.54, 1.807) is 0 Å². The molecule has 0 spiro atoms. The Morgan fingerprint density at radius 2 is 1.75 bits per heavy atom. The Balaban J connectivity index is 3.57. The lowest BCUT2D eigenvalue weighted by atomic mass is 10.1. The summed E-state index contributed by atoms with van der Waals surface area (Å²) >= 11 is 0. The van der Waals surface area contributed by atoms with Crippen molar-refractivity contribution in [2.45, 2.75) is 0 Å². The third-order valence-electron chi connectivity index (χ3n) is 1.73. The zero-order chi connectivity index (χ0) is 12.5. The van der Waals surface area contributed by atoms with Gasteiger partial charge in [-0.3, -0.25) is 25.0 Å². The minimum atomic E-state index is -1.25. The summed E-state index contributed by atoms with van der Waals surface area (Å²) < 4.78 is 0. The van der Waals surface area contributed by atoms with E-state index in [0.29, 0.717) is 12.1 Å². The van der Waals surface area contributed by atoms with Crippen LogP contribution in [-0.2, 0) is 0 Å². The molecule has 0 unspecified atom stereocenters. The highest BCUT2D eigenvalue weighted by atomic mass is 16.6. The number of primary amides is 1. The lowest BCUT2D eigenvalue weighted by molar-refractivity contribution is -0.403. The third kappa shape index (κ3) is 1.87. The molecule has 0 atom stereocenters. The second kappa shape index (κ2) is 3.81. The number of nitrogens with two attached hydrogens (primary N) is 1. The summed E-state index contributed by atoms with van der Waals surface area (Å²) in [6.45, 7) is 0. The van der Waals surface area contributed by atoms with Crippen molar-refractivity contribution in [2.24, 2.45) is 5.73 Å². The molecule has 1 aromatic rings. The molecule has 9 heteroatoms. The van der Waals surface area contributed by atoms with Gasteiger partial charge in [0.2, 0.25) is 5.91 Å². The van der Waals surface area contributed by atoms with Crippen molar-refractivity contribution < 1.29 is 19.7 Å². The Morgan fingerprint density at radius 1 is 1.19 bits per heavy atom. The molecule has 0 bridgehead atoms. The summed E-state index contributed by atoms with van der Waals surface area (Å²) in [4.78, 5) is 29.5. The molecule has 0 aromatic heterocycles. The van der Waals surface area contributed by atoms with Gasteiger partial charge in [0.05, 0.1) is 15.9 Å². The number of carbonyl (C=O) groups is 1. The molecule has 1 aromatic carbocycles. The number of rotatable bonds is 3. The van der Waals surface area contributed by atoms with E-state index in [0.717, 1.165) is 0 Å². The molecule has 0 radical (unpaired) electrons. The average Bonchev–Trinajstić information content (AvgIpc) is 2.16. The zero-order valence-electron chi connectivity index (χ0n) is 7.58. The predicted octanol–water partition coefficient (Wildman–Crippen LogP) is -0.325. The van der Waals surface area contributed by atoms with E-state index in [4.69, 9.17) is 5.73 Å². The molecule has 1 amide bonds. The summed E-state index contributed by atoms with van der Waals surface area (Å²) in [7, 11) is 0. The maximum atomic E-state index is 11.3. The quantitative estimate of drug-likeness (QED) is 0.550. The van der Waals surface area contributed by atoms with E-state index in [1.807, 2.05) is 0 Å². The van der Waals surface area contributed by atoms with E-state index in [-0.39, 0.29) is 0 Å². The van der Waals surface area contributed by atoms with Crippen molar-refractivity contribution in [1.82, 2.24) is 0 Å². The number of nitrogens with zero attached hydrogens (tertiary/aromatic N) is 2. The molecule has 84 valence electrons. The lowest BCUT2D eigenvalue weighted by Gasteiger charge is -2.10. The number of benzene rings is 1. The van der Waals surface area contributed by atoms with Crippen LogP contribution in [0.3, 0.4) is 0 Å². The fourth-order valence-corrected chi connectivity index (χ4v) is 1.02. The van der Waals surface area contributed by atoms with Crippen LogP contribution in [0.4, 0.5) is 11.4 Å². The number of hydrogen-bond donors (Lipinski definition) is 1. The third-order valence-corrected chi connectivity index (χ3v) is 1.73. The van der Waals surface area contributed by atoms with Gasteiger partial charge in [-0.1, -0.05) is 0 Å². The van der Waals surface area contributed by atoms with Gasteiger partial charge in [-0.15, -0.1) is 0 Å².